The van der Waals surface area contributed by atoms with E-state index in [9.17, 15) is 14.4 Å². The number of nitrogens with zero attached hydrogens (tertiary/aromatic N) is 5. The Kier molecular flexibility index (Phi) is 5.73. The van der Waals surface area contributed by atoms with Crippen molar-refractivity contribution >= 4 is 52.2 Å². The summed E-state index contributed by atoms with van der Waals surface area (Å²) in [7, 11) is 0. The van der Waals surface area contributed by atoms with E-state index in [1.165, 1.54) is 16.0 Å². The third kappa shape index (κ3) is 4.35. The van der Waals surface area contributed by atoms with Crippen LogP contribution >= 0.6 is 11.3 Å². The second-order valence-corrected chi connectivity index (χ2v) is 9.37. The number of thiophene rings is 1. The molecule has 1 fully saturated rings. The van der Waals surface area contributed by atoms with Gasteiger partial charge in [-0.3, -0.25) is 14.4 Å². The SMILES string of the molecule is C=C1C(=O)N=C(n2nc(-c3cccs3)cc2NC(=O)C2CC(=O)N(c3ccc(C)cc3)C2)N=C1C. The van der Waals surface area contributed by atoms with E-state index in [1.54, 1.807) is 17.9 Å². The first-order valence-corrected chi connectivity index (χ1v) is 11.9. The van der Waals surface area contributed by atoms with Crippen LogP contribution in [0.2, 0.25) is 0 Å². The molecule has 4 heterocycles. The van der Waals surface area contributed by atoms with Gasteiger partial charge < -0.3 is 10.2 Å². The first-order chi connectivity index (χ1) is 16.8. The monoisotopic (exact) mass is 486 g/mol. The fraction of sp³-hybridized carbons (Fsp3) is 0.200. The summed E-state index contributed by atoms with van der Waals surface area (Å²) in [6, 6.07) is 13.1. The lowest BCUT2D eigenvalue weighted by Gasteiger charge is -2.17. The topological polar surface area (TPSA) is 109 Å². The van der Waals surface area contributed by atoms with Gasteiger partial charge in [0, 0.05) is 24.7 Å². The number of hydrogen-bond donors (Lipinski definition) is 1. The predicted molar refractivity (Wildman–Crippen MR) is 136 cm³/mol. The van der Waals surface area contributed by atoms with Crippen molar-refractivity contribution in [3.63, 3.8) is 0 Å². The molecule has 1 unspecified atom stereocenters. The van der Waals surface area contributed by atoms with Crippen LogP contribution in [0, 0.1) is 12.8 Å². The van der Waals surface area contributed by atoms with E-state index >= 15 is 0 Å². The van der Waals surface area contributed by atoms with Gasteiger partial charge in [-0.2, -0.15) is 14.8 Å². The van der Waals surface area contributed by atoms with Crippen LogP contribution in [0.1, 0.15) is 18.9 Å². The molecule has 3 amide bonds. The van der Waals surface area contributed by atoms with E-state index < -0.39 is 11.8 Å². The molecule has 176 valence electrons. The molecule has 1 saturated heterocycles. The van der Waals surface area contributed by atoms with Crippen molar-refractivity contribution in [2.24, 2.45) is 15.9 Å². The molecule has 1 aromatic carbocycles. The molecule has 0 spiro atoms. The summed E-state index contributed by atoms with van der Waals surface area (Å²) >= 11 is 1.49. The van der Waals surface area contributed by atoms with E-state index in [-0.39, 0.29) is 36.3 Å². The third-order valence-electron chi connectivity index (χ3n) is 5.93. The smallest absolute Gasteiger partial charge is 0.281 e. The number of carbonyl (C=O) groups excluding carboxylic acids is 3. The molecule has 5 rings (SSSR count). The zero-order chi connectivity index (χ0) is 24.7. The van der Waals surface area contributed by atoms with Crippen molar-refractivity contribution in [3.8, 4) is 10.6 Å². The highest BCUT2D eigenvalue weighted by molar-refractivity contribution is 7.13. The molecule has 2 aliphatic rings. The minimum Gasteiger partial charge on any atom is -0.312 e. The number of aryl methyl sites for hydroxylation is 1. The minimum absolute atomic E-state index is 0.0433. The average molecular weight is 487 g/mol. The van der Waals surface area contributed by atoms with E-state index in [1.807, 2.05) is 48.7 Å². The maximum atomic E-state index is 13.2. The lowest BCUT2D eigenvalue weighted by atomic mass is 10.1. The van der Waals surface area contributed by atoms with Crippen molar-refractivity contribution in [2.75, 3.05) is 16.8 Å². The number of benzene rings is 1. The van der Waals surface area contributed by atoms with Crippen molar-refractivity contribution < 1.29 is 14.4 Å². The van der Waals surface area contributed by atoms with Gasteiger partial charge in [0.15, 0.2) is 0 Å². The van der Waals surface area contributed by atoms with Gasteiger partial charge in [-0.15, -0.1) is 11.3 Å². The number of hydrogen-bond acceptors (Lipinski definition) is 6. The number of aliphatic imine (C=N–C) groups is 2. The maximum absolute atomic E-state index is 13.2. The molecule has 2 aromatic heterocycles. The first kappa shape index (κ1) is 22.6. The Hall–Kier alpha value is -4.18. The molecule has 1 N–H and O–H groups in total. The highest BCUT2D eigenvalue weighted by atomic mass is 32.1. The standard InChI is InChI=1S/C25H22N6O3S/c1-14-6-8-18(9-7-14)30-13-17(11-22(30)32)24(34)27-21-12-19(20-5-4-10-35-20)29-31(21)25-26-16(3)15(2)23(33)28-25/h4-10,12,17H,2,11,13H2,1,3H3,(H,27,34). The third-order valence-corrected chi connectivity index (χ3v) is 6.82. The highest BCUT2D eigenvalue weighted by Crippen LogP contribution is 2.29. The van der Waals surface area contributed by atoms with Crippen LogP contribution in [0.15, 0.2) is 70.0 Å². The van der Waals surface area contributed by atoms with Crippen LogP contribution in [-0.4, -0.2) is 45.7 Å². The molecular weight excluding hydrogens is 464 g/mol. The number of aromatic nitrogens is 2. The Bertz CT molecular complexity index is 1420. The minimum atomic E-state index is -0.544. The summed E-state index contributed by atoms with van der Waals surface area (Å²) in [4.78, 5) is 49.0. The van der Waals surface area contributed by atoms with Crippen LogP contribution in [0.5, 0.6) is 0 Å². The Balaban J connectivity index is 1.42. The number of amides is 3. The van der Waals surface area contributed by atoms with E-state index in [0.29, 0.717) is 17.2 Å². The number of carbonyl (C=O) groups is 3. The summed E-state index contributed by atoms with van der Waals surface area (Å²) < 4.78 is 1.34. The molecule has 0 aliphatic carbocycles. The molecule has 35 heavy (non-hydrogen) atoms. The summed E-state index contributed by atoms with van der Waals surface area (Å²) in [6.45, 7) is 7.61. The van der Waals surface area contributed by atoms with Gasteiger partial charge in [0.25, 0.3) is 11.9 Å². The maximum Gasteiger partial charge on any atom is 0.281 e. The predicted octanol–water partition coefficient (Wildman–Crippen LogP) is 3.67. The number of anilines is 2. The Morgan fingerprint density at radius 3 is 2.60 bits per heavy atom. The van der Waals surface area contributed by atoms with Crippen molar-refractivity contribution in [1.29, 1.82) is 0 Å². The lowest BCUT2D eigenvalue weighted by molar-refractivity contribution is -0.122. The Labute approximate surface area is 205 Å². The van der Waals surface area contributed by atoms with Gasteiger partial charge >= 0.3 is 0 Å². The van der Waals surface area contributed by atoms with Gasteiger partial charge in [-0.1, -0.05) is 30.3 Å². The Morgan fingerprint density at radius 2 is 1.91 bits per heavy atom. The molecule has 2 aliphatic heterocycles. The summed E-state index contributed by atoms with van der Waals surface area (Å²) in [5.41, 5.74) is 3.11. The van der Waals surface area contributed by atoms with E-state index in [0.717, 1.165) is 16.1 Å². The number of nitrogens with one attached hydrogen (secondary N) is 1. The van der Waals surface area contributed by atoms with Crippen LogP contribution in [0.3, 0.4) is 0 Å². The lowest BCUT2D eigenvalue weighted by Crippen LogP contribution is -2.30. The summed E-state index contributed by atoms with van der Waals surface area (Å²) in [5.74, 6) is -1.12. The largest absolute Gasteiger partial charge is 0.312 e. The zero-order valence-corrected chi connectivity index (χ0v) is 20.0. The molecule has 9 nitrogen and oxygen atoms in total. The summed E-state index contributed by atoms with van der Waals surface area (Å²) in [5, 5.41) is 9.35. The molecule has 0 radical (unpaired) electrons. The van der Waals surface area contributed by atoms with Gasteiger partial charge in [0.05, 0.1) is 22.1 Å². The average Bonchev–Trinajstić information content (AvgIpc) is 3.58. The molecule has 0 saturated carbocycles. The van der Waals surface area contributed by atoms with Crippen LogP contribution in [0.25, 0.3) is 10.6 Å². The van der Waals surface area contributed by atoms with Gasteiger partial charge in [0.1, 0.15) is 11.5 Å². The first-order valence-electron chi connectivity index (χ1n) is 11.0. The number of rotatable bonds is 4. The molecule has 10 heteroatoms. The second-order valence-electron chi connectivity index (χ2n) is 8.43. The van der Waals surface area contributed by atoms with Crippen molar-refractivity contribution in [1.82, 2.24) is 9.78 Å². The van der Waals surface area contributed by atoms with Gasteiger partial charge in [-0.05, 0) is 37.4 Å². The summed E-state index contributed by atoms with van der Waals surface area (Å²) in [6.07, 6.45) is 0.0994. The van der Waals surface area contributed by atoms with E-state index in [4.69, 9.17) is 0 Å². The van der Waals surface area contributed by atoms with Gasteiger partial charge in [-0.25, -0.2) is 4.99 Å². The van der Waals surface area contributed by atoms with Crippen molar-refractivity contribution in [2.45, 2.75) is 20.3 Å². The molecule has 1 atom stereocenters. The quantitative estimate of drug-likeness (QED) is 0.568. The molecule has 0 bridgehead atoms. The van der Waals surface area contributed by atoms with E-state index in [2.05, 4.69) is 27.0 Å². The Morgan fingerprint density at radius 1 is 1.14 bits per heavy atom. The molecule has 3 aromatic rings. The van der Waals surface area contributed by atoms with Gasteiger partial charge in [0.2, 0.25) is 11.8 Å². The van der Waals surface area contributed by atoms with Crippen LogP contribution in [-0.2, 0) is 14.4 Å². The fourth-order valence-corrected chi connectivity index (χ4v) is 4.58. The fourth-order valence-electron chi connectivity index (χ4n) is 3.90. The zero-order valence-electron chi connectivity index (χ0n) is 19.2. The van der Waals surface area contributed by atoms with Crippen LogP contribution in [0.4, 0.5) is 11.5 Å². The van der Waals surface area contributed by atoms with Crippen molar-refractivity contribution in [3.05, 3.63) is 65.6 Å². The second kappa shape index (κ2) is 8.88. The van der Waals surface area contributed by atoms with Crippen LogP contribution < -0.4 is 10.2 Å². The molecular formula is C25H22N6O3S. The normalized spacial score (nSPS) is 18.1. The highest BCUT2D eigenvalue weighted by Gasteiger charge is 2.36.